The number of carbonyl (C=O) groups excluding carboxylic acids is 2. The number of carbonyl (C=O) groups is 2. The molecule has 0 spiro atoms. The molecule has 1 aromatic rings. The van der Waals surface area contributed by atoms with Gasteiger partial charge in [0.25, 0.3) is 0 Å². The van der Waals surface area contributed by atoms with E-state index in [0.29, 0.717) is 26.1 Å². The highest BCUT2D eigenvalue weighted by Crippen LogP contribution is 2.31. The van der Waals surface area contributed by atoms with Crippen LogP contribution in [0.1, 0.15) is 43.4 Å². The lowest BCUT2D eigenvalue weighted by Crippen LogP contribution is -2.32. The van der Waals surface area contributed by atoms with Crippen molar-refractivity contribution in [2.24, 2.45) is 5.92 Å². The minimum Gasteiger partial charge on any atom is -0.381 e. The van der Waals surface area contributed by atoms with Gasteiger partial charge in [-0.3, -0.25) is 9.59 Å². The number of benzene rings is 1. The highest BCUT2D eigenvalue weighted by Gasteiger charge is 2.33. The van der Waals surface area contributed by atoms with Crippen LogP contribution >= 0.6 is 0 Å². The van der Waals surface area contributed by atoms with Crippen LogP contribution in [0.5, 0.6) is 0 Å². The fourth-order valence-electron chi connectivity index (χ4n) is 3.45. The van der Waals surface area contributed by atoms with Crippen molar-refractivity contribution in [1.82, 2.24) is 0 Å². The summed E-state index contributed by atoms with van der Waals surface area (Å²) in [7, 11) is 0. The summed E-state index contributed by atoms with van der Waals surface area (Å²) in [6.45, 7) is 9.01. The van der Waals surface area contributed by atoms with Gasteiger partial charge in [-0.05, 0) is 50.3 Å². The first-order chi connectivity index (χ1) is 11.0. The third-order valence-electron chi connectivity index (χ3n) is 4.39. The van der Waals surface area contributed by atoms with E-state index < -0.39 is 0 Å². The van der Waals surface area contributed by atoms with Gasteiger partial charge < -0.3 is 4.74 Å². The highest BCUT2D eigenvalue weighted by molar-refractivity contribution is 6.12. The van der Waals surface area contributed by atoms with Crippen LogP contribution in [-0.4, -0.2) is 24.8 Å². The molecule has 0 radical (unpaired) electrons. The summed E-state index contributed by atoms with van der Waals surface area (Å²) in [4.78, 5) is 24.6. The van der Waals surface area contributed by atoms with Gasteiger partial charge in [0.2, 0.25) is 0 Å². The van der Waals surface area contributed by atoms with Crippen molar-refractivity contribution in [2.45, 2.75) is 47.0 Å². The van der Waals surface area contributed by atoms with Crippen molar-refractivity contribution in [3.8, 4) is 0 Å². The number of allylic oxidation sites excluding steroid dienone is 1. The van der Waals surface area contributed by atoms with Gasteiger partial charge in [-0.1, -0.05) is 36.2 Å². The molecule has 3 heteroatoms. The first kappa shape index (κ1) is 17.6. The second-order valence-corrected chi connectivity index (χ2v) is 6.31. The van der Waals surface area contributed by atoms with Crippen molar-refractivity contribution >= 4 is 11.6 Å². The molecule has 124 valence electrons. The monoisotopic (exact) mass is 314 g/mol. The molecule has 1 atom stereocenters. The van der Waals surface area contributed by atoms with E-state index in [1.165, 1.54) is 11.1 Å². The summed E-state index contributed by atoms with van der Waals surface area (Å²) in [5, 5.41) is 0. The molecule has 1 aromatic carbocycles. The van der Waals surface area contributed by atoms with E-state index in [4.69, 9.17) is 4.74 Å². The summed E-state index contributed by atoms with van der Waals surface area (Å²) in [5.74, 6) is -0.284. The Bertz CT molecular complexity index is 620. The lowest BCUT2D eigenvalue weighted by atomic mass is 9.77. The molecule has 0 fully saturated rings. The summed E-state index contributed by atoms with van der Waals surface area (Å²) in [6.07, 6.45) is 1.35. The summed E-state index contributed by atoms with van der Waals surface area (Å²) < 4.78 is 5.52. The van der Waals surface area contributed by atoms with Gasteiger partial charge in [0.1, 0.15) is 5.78 Å². The molecule has 1 unspecified atom stereocenters. The van der Waals surface area contributed by atoms with Gasteiger partial charge in [-0.15, -0.1) is 0 Å². The van der Waals surface area contributed by atoms with Crippen LogP contribution in [-0.2, 0) is 20.7 Å². The quantitative estimate of drug-likeness (QED) is 0.751. The average molecular weight is 314 g/mol. The number of hydrogen-bond donors (Lipinski definition) is 0. The Labute approximate surface area is 138 Å². The normalized spacial score (nSPS) is 18.7. The van der Waals surface area contributed by atoms with Crippen LogP contribution in [0, 0.1) is 19.8 Å². The SMILES string of the molecule is CCOCC1C(=O)CC(=O)C(CC)=C1Cc1cc(C)cc(C)c1. The first-order valence-electron chi connectivity index (χ1n) is 8.39. The van der Waals surface area contributed by atoms with Crippen molar-refractivity contribution in [2.75, 3.05) is 13.2 Å². The molecule has 1 aliphatic rings. The first-order valence-corrected chi connectivity index (χ1v) is 8.39. The smallest absolute Gasteiger partial charge is 0.166 e. The minimum atomic E-state index is -0.275. The lowest BCUT2D eigenvalue weighted by molar-refractivity contribution is -0.129. The van der Waals surface area contributed by atoms with Gasteiger partial charge >= 0.3 is 0 Å². The maximum Gasteiger partial charge on any atom is 0.166 e. The summed E-state index contributed by atoms with van der Waals surface area (Å²) in [5.41, 5.74) is 5.36. The van der Waals surface area contributed by atoms with Crippen LogP contribution in [0.2, 0.25) is 0 Å². The Balaban J connectivity index is 2.41. The third-order valence-corrected chi connectivity index (χ3v) is 4.39. The second-order valence-electron chi connectivity index (χ2n) is 6.31. The van der Waals surface area contributed by atoms with Crippen molar-refractivity contribution in [3.05, 3.63) is 46.0 Å². The molecule has 0 saturated carbocycles. The Kier molecular flexibility index (Phi) is 5.89. The van der Waals surface area contributed by atoms with Crippen molar-refractivity contribution < 1.29 is 14.3 Å². The topological polar surface area (TPSA) is 43.4 Å². The molecule has 0 amide bonds. The minimum absolute atomic E-state index is 0.0000231. The molecule has 0 aromatic heterocycles. The zero-order chi connectivity index (χ0) is 17.0. The van der Waals surface area contributed by atoms with Crippen LogP contribution in [0.4, 0.5) is 0 Å². The molecule has 1 aliphatic carbocycles. The van der Waals surface area contributed by atoms with Crippen LogP contribution < -0.4 is 0 Å². The van der Waals surface area contributed by atoms with Crippen LogP contribution in [0.25, 0.3) is 0 Å². The van der Waals surface area contributed by atoms with Gasteiger partial charge in [0, 0.05) is 6.61 Å². The number of aryl methyl sites for hydroxylation is 2. The van der Waals surface area contributed by atoms with E-state index in [2.05, 4.69) is 32.0 Å². The second kappa shape index (κ2) is 7.69. The third kappa shape index (κ3) is 4.17. The molecular weight excluding hydrogens is 288 g/mol. The maximum absolute atomic E-state index is 12.4. The van der Waals surface area contributed by atoms with E-state index in [1.807, 2.05) is 13.8 Å². The predicted molar refractivity (Wildman–Crippen MR) is 91.6 cm³/mol. The maximum atomic E-state index is 12.4. The number of rotatable bonds is 6. The largest absolute Gasteiger partial charge is 0.381 e. The van der Waals surface area contributed by atoms with Gasteiger partial charge in [-0.2, -0.15) is 0 Å². The van der Waals surface area contributed by atoms with Crippen molar-refractivity contribution in [3.63, 3.8) is 0 Å². The highest BCUT2D eigenvalue weighted by atomic mass is 16.5. The van der Waals surface area contributed by atoms with Gasteiger partial charge in [0.05, 0.1) is 18.9 Å². The molecule has 0 heterocycles. The zero-order valence-electron chi connectivity index (χ0n) is 14.6. The number of ketones is 2. The molecule has 2 rings (SSSR count). The molecule has 3 nitrogen and oxygen atoms in total. The van der Waals surface area contributed by atoms with E-state index in [0.717, 1.165) is 16.7 Å². The summed E-state index contributed by atoms with van der Waals surface area (Å²) in [6, 6.07) is 6.40. The number of hydrogen-bond acceptors (Lipinski definition) is 3. The molecule has 0 aliphatic heterocycles. The fourth-order valence-corrected chi connectivity index (χ4v) is 3.45. The van der Waals surface area contributed by atoms with Crippen LogP contribution in [0.15, 0.2) is 29.3 Å². The Morgan fingerprint density at radius 3 is 2.30 bits per heavy atom. The zero-order valence-corrected chi connectivity index (χ0v) is 14.6. The molecular formula is C20H26O3. The van der Waals surface area contributed by atoms with E-state index in [9.17, 15) is 9.59 Å². The Morgan fingerprint density at radius 2 is 1.74 bits per heavy atom. The standard InChI is InChI=1S/C20H26O3/c1-5-16-17(10-15-8-13(3)7-14(4)9-15)18(12-23-6-2)20(22)11-19(16)21/h7-9,18H,5-6,10-12H2,1-4H3. The van der Waals surface area contributed by atoms with Gasteiger partial charge in [0.15, 0.2) is 5.78 Å². The lowest BCUT2D eigenvalue weighted by Gasteiger charge is -2.27. The average Bonchev–Trinajstić information content (AvgIpc) is 2.46. The molecule has 0 bridgehead atoms. The van der Waals surface area contributed by atoms with Gasteiger partial charge in [-0.25, -0.2) is 0 Å². The molecule has 23 heavy (non-hydrogen) atoms. The number of Topliss-reactive ketones (excluding diaryl/α,β-unsaturated/α-hetero) is 2. The molecule has 0 saturated heterocycles. The van der Waals surface area contributed by atoms with E-state index in [-0.39, 0.29) is 23.9 Å². The van der Waals surface area contributed by atoms with Crippen molar-refractivity contribution in [1.29, 1.82) is 0 Å². The summed E-state index contributed by atoms with van der Waals surface area (Å²) >= 11 is 0. The van der Waals surface area contributed by atoms with E-state index in [1.54, 1.807) is 0 Å². The predicted octanol–water partition coefficient (Wildman–Crippen LogP) is 3.75. The van der Waals surface area contributed by atoms with E-state index >= 15 is 0 Å². The Morgan fingerprint density at radius 1 is 1.09 bits per heavy atom. The van der Waals surface area contributed by atoms with Crippen LogP contribution in [0.3, 0.4) is 0 Å². The Hall–Kier alpha value is -1.74. The number of ether oxygens (including phenoxy) is 1. The fraction of sp³-hybridized carbons (Fsp3) is 0.500. The molecule has 0 N–H and O–H groups in total.